The molecule has 0 amide bonds. The van der Waals surface area contributed by atoms with Crippen LogP contribution in [0.4, 0.5) is 8.78 Å². The molecular formula is C25H21F2N3O3. The highest BCUT2D eigenvalue weighted by atomic mass is 19.1. The van der Waals surface area contributed by atoms with Gasteiger partial charge in [0.05, 0.1) is 6.61 Å². The zero-order valence-electron chi connectivity index (χ0n) is 17.8. The number of hydrogen-bond donors (Lipinski definition) is 1. The van der Waals surface area contributed by atoms with Crippen LogP contribution < -0.4 is 4.74 Å². The van der Waals surface area contributed by atoms with Crippen LogP contribution in [0.5, 0.6) is 5.75 Å². The number of benzene rings is 3. The van der Waals surface area contributed by atoms with Crippen molar-refractivity contribution in [1.29, 1.82) is 0 Å². The van der Waals surface area contributed by atoms with Gasteiger partial charge in [0, 0.05) is 12.0 Å². The lowest BCUT2D eigenvalue weighted by atomic mass is 9.99. The predicted octanol–water partition coefficient (Wildman–Crippen LogP) is 5.10. The molecule has 0 aliphatic heterocycles. The highest BCUT2D eigenvalue weighted by Gasteiger charge is 2.20. The molecule has 0 bridgehead atoms. The highest BCUT2D eigenvalue weighted by molar-refractivity contribution is 5.94. The van der Waals surface area contributed by atoms with Crippen LogP contribution in [0.3, 0.4) is 0 Å². The summed E-state index contributed by atoms with van der Waals surface area (Å²) < 4.78 is 38.3. The van der Waals surface area contributed by atoms with E-state index in [1.165, 1.54) is 24.3 Å². The fourth-order valence-electron chi connectivity index (χ4n) is 3.43. The molecule has 6 nitrogen and oxygen atoms in total. The summed E-state index contributed by atoms with van der Waals surface area (Å²) in [5, 5.41) is 10.5. The molecule has 1 heterocycles. The average Bonchev–Trinajstić information content (AvgIpc) is 3.29. The molecule has 0 saturated heterocycles. The monoisotopic (exact) mass is 449 g/mol. The van der Waals surface area contributed by atoms with Crippen LogP contribution in [0.15, 0.2) is 66.7 Å². The highest BCUT2D eigenvalue weighted by Crippen LogP contribution is 2.30. The van der Waals surface area contributed by atoms with Gasteiger partial charge in [-0.2, -0.15) is 10.3 Å². The number of H-pyrrole nitrogens is 1. The number of nitrogens with one attached hydrogen (secondary N) is 1. The summed E-state index contributed by atoms with van der Waals surface area (Å²) in [5.74, 6) is -0.719. The number of halogens is 2. The van der Waals surface area contributed by atoms with Gasteiger partial charge in [-0.25, -0.2) is 13.6 Å². The molecule has 1 N–H and O–H groups in total. The second kappa shape index (κ2) is 10.0. The standard InChI is InChI=1S/C25H21F2N3O3/c1-2-32-25(31)24-23(28-30-29-24)18-9-10-22(33-15-17-6-4-8-21(27)13-17)19(14-18)11-16-5-3-7-20(26)12-16/h3-10,12-14H,2,11,15H2,1H3,(H,28,29,30). The summed E-state index contributed by atoms with van der Waals surface area (Å²) in [6.07, 6.45) is 0.372. The smallest absolute Gasteiger partial charge is 0.361 e. The largest absolute Gasteiger partial charge is 0.489 e. The molecule has 0 aliphatic carbocycles. The van der Waals surface area contributed by atoms with Crippen molar-refractivity contribution in [3.63, 3.8) is 0 Å². The third kappa shape index (κ3) is 5.41. The quantitative estimate of drug-likeness (QED) is 0.379. The second-order valence-corrected chi connectivity index (χ2v) is 7.29. The molecule has 0 atom stereocenters. The molecule has 0 fully saturated rings. The van der Waals surface area contributed by atoms with Gasteiger partial charge in [-0.1, -0.05) is 24.3 Å². The minimum Gasteiger partial charge on any atom is -0.489 e. The Balaban J connectivity index is 1.68. The van der Waals surface area contributed by atoms with Crippen molar-refractivity contribution in [2.24, 2.45) is 0 Å². The molecule has 4 aromatic rings. The van der Waals surface area contributed by atoms with E-state index in [0.717, 1.165) is 11.1 Å². The zero-order chi connectivity index (χ0) is 23.2. The molecule has 1 aromatic heterocycles. The van der Waals surface area contributed by atoms with Crippen molar-refractivity contribution >= 4 is 5.97 Å². The maximum absolute atomic E-state index is 13.8. The summed E-state index contributed by atoms with van der Waals surface area (Å²) in [4.78, 5) is 12.2. The Morgan fingerprint density at radius 2 is 1.67 bits per heavy atom. The summed E-state index contributed by atoms with van der Waals surface area (Å²) >= 11 is 0. The lowest BCUT2D eigenvalue weighted by Crippen LogP contribution is -2.07. The number of ether oxygens (including phenoxy) is 2. The SMILES string of the molecule is CCOC(=O)c1n[nH]nc1-c1ccc(OCc2cccc(F)c2)c(Cc2cccc(F)c2)c1. The van der Waals surface area contributed by atoms with Gasteiger partial charge in [0.2, 0.25) is 0 Å². The third-order valence-corrected chi connectivity index (χ3v) is 4.92. The Bertz CT molecular complexity index is 1270. The van der Waals surface area contributed by atoms with Gasteiger partial charge in [0.1, 0.15) is 29.7 Å². The van der Waals surface area contributed by atoms with E-state index in [2.05, 4.69) is 15.4 Å². The van der Waals surface area contributed by atoms with Gasteiger partial charge in [-0.05, 0) is 66.1 Å². The van der Waals surface area contributed by atoms with Crippen molar-refractivity contribution in [3.05, 3.63) is 101 Å². The van der Waals surface area contributed by atoms with Crippen LogP contribution in [-0.4, -0.2) is 28.0 Å². The fraction of sp³-hybridized carbons (Fsp3) is 0.160. The Labute approximate surface area is 189 Å². The van der Waals surface area contributed by atoms with Gasteiger partial charge in [-0.3, -0.25) is 0 Å². The Hall–Kier alpha value is -4.07. The average molecular weight is 449 g/mol. The van der Waals surface area contributed by atoms with Gasteiger partial charge in [0.25, 0.3) is 0 Å². The van der Waals surface area contributed by atoms with Gasteiger partial charge >= 0.3 is 5.97 Å². The van der Waals surface area contributed by atoms with Gasteiger partial charge in [-0.15, -0.1) is 5.10 Å². The molecule has 0 unspecified atom stereocenters. The Morgan fingerprint density at radius 3 is 2.39 bits per heavy atom. The molecule has 0 aliphatic rings. The first-order valence-corrected chi connectivity index (χ1v) is 10.4. The lowest BCUT2D eigenvalue weighted by Gasteiger charge is -2.14. The van der Waals surface area contributed by atoms with Gasteiger partial charge < -0.3 is 9.47 Å². The number of esters is 1. The number of nitrogens with zero attached hydrogens (tertiary/aromatic N) is 2. The van der Waals surface area contributed by atoms with Crippen LogP contribution in [0.1, 0.15) is 34.1 Å². The molecule has 8 heteroatoms. The molecule has 0 radical (unpaired) electrons. The van der Waals surface area contributed by atoms with Gasteiger partial charge in [0.15, 0.2) is 5.69 Å². The van der Waals surface area contributed by atoms with Crippen LogP contribution in [-0.2, 0) is 17.8 Å². The van der Waals surface area contributed by atoms with E-state index in [1.54, 1.807) is 37.3 Å². The number of carbonyl (C=O) groups excluding carboxylic acids is 1. The van der Waals surface area contributed by atoms with Crippen molar-refractivity contribution in [2.75, 3.05) is 6.61 Å². The van der Waals surface area contributed by atoms with E-state index in [1.807, 2.05) is 12.1 Å². The van der Waals surface area contributed by atoms with E-state index in [-0.39, 0.29) is 30.5 Å². The van der Waals surface area contributed by atoms with Crippen LogP contribution in [0, 0.1) is 11.6 Å². The van der Waals surface area contributed by atoms with Crippen molar-refractivity contribution < 1.29 is 23.0 Å². The summed E-state index contributed by atoms with van der Waals surface area (Å²) in [7, 11) is 0. The normalized spacial score (nSPS) is 10.8. The number of aromatic amines is 1. The molecule has 0 saturated carbocycles. The maximum atomic E-state index is 13.8. The van der Waals surface area contributed by atoms with E-state index in [0.29, 0.717) is 29.0 Å². The first-order chi connectivity index (χ1) is 16.0. The molecule has 4 rings (SSSR count). The molecule has 0 spiro atoms. The number of aromatic nitrogens is 3. The minimum atomic E-state index is -0.584. The Kier molecular flexibility index (Phi) is 6.73. The molecule has 33 heavy (non-hydrogen) atoms. The van der Waals surface area contributed by atoms with Crippen LogP contribution in [0.2, 0.25) is 0 Å². The van der Waals surface area contributed by atoms with Crippen molar-refractivity contribution in [2.45, 2.75) is 20.0 Å². The summed E-state index contributed by atoms with van der Waals surface area (Å²) in [6.45, 7) is 2.08. The van der Waals surface area contributed by atoms with E-state index < -0.39 is 5.97 Å². The predicted molar refractivity (Wildman–Crippen MR) is 118 cm³/mol. The first kappa shape index (κ1) is 22.1. The number of carbonyl (C=O) groups is 1. The van der Waals surface area contributed by atoms with Crippen molar-refractivity contribution in [1.82, 2.24) is 15.4 Å². The van der Waals surface area contributed by atoms with E-state index in [9.17, 15) is 13.6 Å². The summed E-state index contributed by atoms with van der Waals surface area (Å²) in [6, 6.07) is 17.7. The van der Waals surface area contributed by atoms with E-state index in [4.69, 9.17) is 9.47 Å². The van der Waals surface area contributed by atoms with Crippen LogP contribution >= 0.6 is 0 Å². The Morgan fingerprint density at radius 1 is 0.939 bits per heavy atom. The van der Waals surface area contributed by atoms with Crippen LogP contribution in [0.25, 0.3) is 11.3 Å². The fourth-order valence-corrected chi connectivity index (χ4v) is 3.43. The zero-order valence-corrected chi connectivity index (χ0v) is 17.8. The molecular weight excluding hydrogens is 428 g/mol. The van der Waals surface area contributed by atoms with Crippen molar-refractivity contribution in [3.8, 4) is 17.0 Å². The summed E-state index contributed by atoms with van der Waals surface area (Å²) in [5.41, 5.74) is 3.20. The number of hydrogen-bond acceptors (Lipinski definition) is 5. The lowest BCUT2D eigenvalue weighted by molar-refractivity contribution is 0.0520. The molecule has 3 aromatic carbocycles. The molecule has 168 valence electrons. The van der Waals surface area contributed by atoms with E-state index >= 15 is 0 Å². The minimum absolute atomic E-state index is 0.0713. The topological polar surface area (TPSA) is 77.1 Å². The third-order valence-electron chi connectivity index (χ3n) is 4.92. The second-order valence-electron chi connectivity index (χ2n) is 7.29. The first-order valence-electron chi connectivity index (χ1n) is 10.4. The number of rotatable bonds is 8. The maximum Gasteiger partial charge on any atom is 0.361 e.